The van der Waals surface area contributed by atoms with Gasteiger partial charge in [-0.05, 0) is 19.9 Å². The lowest BCUT2D eigenvalue weighted by atomic mass is 10.2. The number of rotatable bonds is 7. The molecule has 3 heterocycles. The Hall–Kier alpha value is -2.12. The Morgan fingerprint density at radius 1 is 1.17 bits per heavy atom. The summed E-state index contributed by atoms with van der Waals surface area (Å²) >= 11 is 0. The highest BCUT2D eigenvalue weighted by Crippen LogP contribution is 2.12. The molecule has 0 aliphatic carbocycles. The van der Waals surface area contributed by atoms with Gasteiger partial charge >= 0.3 is 0 Å². The molecule has 1 aliphatic rings. The Morgan fingerprint density at radius 2 is 2.04 bits per heavy atom. The summed E-state index contributed by atoms with van der Waals surface area (Å²) in [7, 11) is 2.04. The minimum absolute atomic E-state index is 0.288. The Labute approximate surface area is 136 Å². The normalized spacial score (nSPS) is 17.6. The van der Waals surface area contributed by atoms with Crippen LogP contribution in [0.2, 0.25) is 0 Å². The molecule has 1 unspecified atom stereocenters. The van der Waals surface area contributed by atoms with E-state index in [-0.39, 0.29) is 6.10 Å². The van der Waals surface area contributed by atoms with E-state index in [9.17, 15) is 0 Å². The fraction of sp³-hybridized carbons (Fsp3) is 0.500. The highest BCUT2D eigenvalue weighted by molar-refractivity contribution is 5.24. The Balaban J connectivity index is 1.46. The summed E-state index contributed by atoms with van der Waals surface area (Å²) in [4.78, 5) is 19.2. The fourth-order valence-electron chi connectivity index (χ4n) is 2.59. The van der Waals surface area contributed by atoms with E-state index < -0.39 is 0 Å². The van der Waals surface area contributed by atoms with E-state index in [1.165, 1.54) is 0 Å². The molecule has 0 spiro atoms. The van der Waals surface area contributed by atoms with Gasteiger partial charge in [-0.3, -0.25) is 14.9 Å². The fourth-order valence-corrected chi connectivity index (χ4v) is 2.59. The van der Waals surface area contributed by atoms with Gasteiger partial charge in [-0.2, -0.15) is 0 Å². The summed E-state index contributed by atoms with van der Waals surface area (Å²) in [6.45, 7) is 3.14. The van der Waals surface area contributed by atoms with Crippen LogP contribution in [0.1, 0.15) is 24.1 Å². The minimum atomic E-state index is 0.288. The molecule has 0 radical (unpaired) electrons. The third-order valence-electron chi connectivity index (χ3n) is 3.72. The number of anilines is 1. The molecule has 1 N–H and O–H groups in total. The Morgan fingerprint density at radius 3 is 2.74 bits per heavy atom. The number of hydrogen-bond donors (Lipinski definition) is 1. The average molecular weight is 314 g/mol. The summed E-state index contributed by atoms with van der Waals surface area (Å²) in [6.07, 6.45) is 11.4. The average Bonchev–Trinajstić information content (AvgIpc) is 3.08. The van der Waals surface area contributed by atoms with Crippen molar-refractivity contribution in [2.45, 2.75) is 32.0 Å². The van der Waals surface area contributed by atoms with E-state index in [4.69, 9.17) is 4.74 Å². The second kappa shape index (κ2) is 7.94. The first-order chi connectivity index (χ1) is 11.3. The topological polar surface area (TPSA) is 76.1 Å². The Bertz CT molecular complexity index is 585. The van der Waals surface area contributed by atoms with Gasteiger partial charge in [0.05, 0.1) is 11.8 Å². The molecular formula is C16H22N6O. The van der Waals surface area contributed by atoms with E-state index in [0.29, 0.717) is 5.95 Å². The van der Waals surface area contributed by atoms with Crippen molar-refractivity contribution in [2.24, 2.45) is 0 Å². The first-order valence-corrected chi connectivity index (χ1v) is 7.89. The van der Waals surface area contributed by atoms with Gasteiger partial charge in [0, 0.05) is 62.8 Å². The van der Waals surface area contributed by atoms with E-state index in [1.54, 1.807) is 18.6 Å². The number of ether oxygens (including phenoxy) is 1. The van der Waals surface area contributed by atoms with Crippen LogP contribution in [-0.2, 0) is 17.8 Å². The third kappa shape index (κ3) is 4.94. The molecule has 0 bridgehead atoms. The summed E-state index contributed by atoms with van der Waals surface area (Å²) in [5.41, 5.74) is 2.02. The van der Waals surface area contributed by atoms with Gasteiger partial charge in [-0.25, -0.2) is 9.97 Å². The lowest BCUT2D eigenvalue weighted by Crippen LogP contribution is -2.20. The van der Waals surface area contributed by atoms with Crippen LogP contribution < -0.4 is 5.32 Å². The maximum atomic E-state index is 5.57. The van der Waals surface area contributed by atoms with Crippen LogP contribution in [0.25, 0.3) is 0 Å². The molecule has 0 aromatic carbocycles. The van der Waals surface area contributed by atoms with Crippen molar-refractivity contribution in [2.75, 3.05) is 25.5 Å². The lowest BCUT2D eigenvalue weighted by Gasteiger charge is -2.16. The summed E-state index contributed by atoms with van der Waals surface area (Å²) < 4.78 is 5.57. The maximum Gasteiger partial charge on any atom is 0.222 e. The van der Waals surface area contributed by atoms with E-state index in [1.807, 2.05) is 19.4 Å². The molecule has 1 atom stereocenters. The number of nitrogens with zero attached hydrogens (tertiary/aromatic N) is 5. The maximum absolute atomic E-state index is 5.57. The highest BCUT2D eigenvalue weighted by atomic mass is 16.5. The van der Waals surface area contributed by atoms with Crippen LogP contribution in [0.5, 0.6) is 0 Å². The molecule has 1 saturated heterocycles. The van der Waals surface area contributed by atoms with Crippen molar-refractivity contribution in [3.05, 3.63) is 42.2 Å². The summed E-state index contributed by atoms with van der Waals surface area (Å²) in [5.74, 6) is 0.654. The van der Waals surface area contributed by atoms with Crippen molar-refractivity contribution in [1.29, 1.82) is 0 Å². The molecule has 1 aliphatic heterocycles. The largest absolute Gasteiger partial charge is 0.376 e. The molecular weight excluding hydrogens is 292 g/mol. The molecule has 7 heteroatoms. The molecule has 2 aromatic heterocycles. The van der Waals surface area contributed by atoms with Crippen LogP contribution in [0.4, 0.5) is 5.95 Å². The lowest BCUT2D eigenvalue weighted by molar-refractivity contribution is 0.120. The predicted octanol–water partition coefficient (Wildman–Crippen LogP) is 1.49. The number of hydrogen-bond acceptors (Lipinski definition) is 7. The van der Waals surface area contributed by atoms with Gasteiger partial charge in [0.15, 0.2) is 0 Å². The third-order valence-corrected chi connectivity index (χ3v) is 3.72. The molecule has 23 heavy (non-hydrogen) atoms. The zero-order chi connectivity index (χ0) is 15.9. The van der Waals surface area contributed by atoms with Gasteiger partial charge in [0.1, 0.15) is 0 Å². The van der Waals surface area contributed by atoms with E-state index >= 15 is 0 Å². The second-order valence-electron chi connectivity index (χ2n) is 5.80. The smallest absolute Gasteiger partial charge is 0.222 e. The van der Waals surface area contributed by atoms with E-state index in [0.717, 1.165) is 50.3 Å². The van der Waals surface area contributed by atoms with Crippen LogP contribution >= 0.6 is 0 Å². The second-order valence-corrected chi connectivity index (χ2v) is 5.80. The number of nitrogens with one attached hydrogen (secondary N) is 1. The van der Waals surface area contributed by atoms with Crippen LogP contribution in [0, 0.1) is 0 Å². The minimum Gasteiger partial charge on any atom is -0.376 e. The quantitative estimate of drug-likeness (QED) is 0.829. The van der Waals surface area contributed by atoms with Crippen LogP contribution in [-0.4, -0.2) is 51.1 Å². The van der Waals surface area contributed by atoms with Gasteiger partial charge in [0.2, 0.25) is 5.95 Å². The summed E-state index contributed by atoms with van der Waals surface area (Å²) in [6, 6.07) is 0. The molecule has 0 amide bonds. The van der Waals surface area contributed by atoms with Crippen LogP contribution in [0.15, 0.2) is 31.0 Å². The van der Waals surface area contributed by atoms with Crippen molar-refractivity contribution in [3.63, 3.8) is 0 Å². The molecule has 122 valence electrons. The van der Waals surface area contributed by atoms with Gasteiger partial charge in [-0.15, -0.1) is 0 Å². The predicted molar refractivity (Wildman–Crippen MR) is 86.7 cm³/mol. The first-order valence-electron chi connectivity index (χ1n) is 7.89. The zero-order valence-electron chi connectivity index (χ0n) is 13.4. The van der Waals surface area contributed by atoms with Gasteiger partial charge in [-0.1, -0.05) is 0 Å². The molecule has 7 nitrogen and oxygen atoms in total. The Kier molecular flexibility index (Phi) is 5.44. The van der Waals surface area contributed by atoms with Gasteiger partial charge < -0.3 is 10.1 Å². The SMILES string of the molecule is CN(Cc1cnc(NCC2CCCO2)nc1)Cc1cnccn1. The first kappa shape index (κ1) is 15.8. The summed E-state index contributed by atoms with van der Waals surface area (Å²) in [5, 5.41) is 3.23. The van der Waals surface area contributed by atoms with Crippen molar-refractivity contribution < 1.29 is 4.74 Å². The number of aromatic nitrogens is 4. The standard InChI is InChI=1S/C16H22N6O/c1-22(12-14-9-17-4-5-18-14)11-13-7-19-16(20-8-13)21-10-15-3-2-6-23-15/h4-5,7-9,15H,2-3,6,10-12H2,1H3,(H,19,20,21). The van der Waals surface area contributed by atoms with Crippen molar-refractivity contribution in [1.82, 2.24) is 24.8 Å². The molecule has 3 rings (SSSR count). The van der Waals surface area contributed by atoms with E-state index in [2.05, 4.69) is 30.2 Å². The molecule has 1 fully saturated rings. The van der Waals surface area contributed by atoms with Crippen LogP contribution in [0.3, 0.4) is 0 Å². The van der Waals surface area contributed by atoms with Crippen molar-refractivity contribution >= 4 is 5.95 Å². The molecule has 2 aromatic rings. The molecule has 0 saturated carbocycles. The van der Waals surface area contributed by atoms with Crippen molar-refractivity contribution in [3.8, 4) is 0 Å². The monoisotopic (exact) mass is 314 g/mol. The highest BCUT2D eigenvalue weighted by Gasteiger charge is 2.15. The van der Waals surface area contributed by atoms with Gasteiger partial charge in [0.25, 0.3) is 0 Å². The zero-order valence-corrected chi connectivity index (χ0v) is 13.4.